The van der Waals surface area contributed by atoms with Gasteiger partial charge in [0.05, 0.1) is 11.6 Å². The standard InChI is InChI=1S/C13H18N2S/c1-11(10-16-2)8-15-9-13-5-3-4-12(6-13)7-14/h3-6,11,15H,8-10H2,1-2H3. The second-order valence-electron chi connectivity index (χ2n) is 4.00. The Labute approximate surface area is 102 Å². The van der Waals surface area contributed by atoms with Gasteiger partial charge in [-0.1, -0.05) is 19.1 Å². The minimum absolute atomic E-state index is 0.689. The molecule has 2 nitrogen and oxygen atoms in total. The number of benzene rings is 1. The summed E-state index contributed by atoms with van der Waals surface area (Å²) in [6, 6.07) is 9.91. The molecule has 1 unspecified atom stereocenters. The van der Waals surface area contributed by atoms with E-state index in [0.29, 0.717) is 5.92 Å². The molecular weight excluding hydrogens is 216 g/mol. The first kappa shape index (κ1) is 13.1. The average Bonchev–Trinajstić information content (AvgIpc) is 2.30. The number of nitrogens with one attached hydrogen (secondary N) is 1. The van der Waals surface area contributed by atoms with Crippen LogP contribution in [-0.4, -0.2) is 18.6 Å². The minimum Gasteiger partial charge on any atom is -0.312 e. The van der Waals surface area contributed by atoms with Gasteiger partial charge in [-0.05, 0) is 42.2 Å². The van der Waals surface area contributed by atoms with Crippen LogP contribution in [0.15, 0.2) is 24.3 Å². The third kappa shape index (κ3) is 4.69. The normalized spacial score (nSPS) is 12.1. The van der Waals surface area contributed by atoms with Crippen molar-refractivity contribution in [3.8, 4) is 6.07 Å². The molecule has 0 aromatic heterocycles. The van der Waals surface area contributed by atoms with Crippen LogP contribution >= 0.6 is 11.8 Å². The molecule has 0 heterocycles. The summed E-state index contributed by atoms with van der Waals surface area (Å²) >= 11 is 1.88. The first-order valence-electron chi connectivity index (χ1n) is 5.45. The summed E-state index contributed by atoms with van der Waals surface area (Å²) in [4.78, 5) is 0. The van der Waals surface area contributed by atoms with E-state index in [9.17, 15) is 0 Å². The van der Waals surface area contributed by atoms with Gasteiger partial charge in [-0.15, -0.1) is 0 Å². The van der Waals surface area contributed by atoms with Gasteiger partial charge in [-0.25, -0.2) is 0 Å². The molecule has 0 amide bonds. The molecule has 0 aliphatic heterocycles. The van der Waals surface area contributed by atoms with Crippen molar-refractivity contribution in [3.05, 3.63) is 35.4 Å². The van der Waals surface area contributed by atoms with E-state index >= 15 is 0 Å². The van der Waals surface area contributed by atoms with E-state index in [1.54, 1.807) is 0 Å². The Morgan fingerprint density at radius 1 is 1.50 bits per heavy atom. The van der Waals surface area contributed by atoms with Crippen molar-refractivity contribution in [1.29, 1.82) is 5.26 Å². The largest absolute Gasteiger partial charge is 0.312 e. The lowest BCUT2D eigenvalue weighted by Gasteiger charge is -2.11. The second kappa shape index (κ2) is 7.32. The third-order valence-corrected chi connectivity index (χ3v) is 3.23. The van der Waals surface area contributed by atoms with Crippen LogP contribution < -0.4 is 5.32 Å². The SMILES string of the molecule is CSCC(C)CNCc1cccc(C#N)c1. The summed E-state index contributed by atoms with van der Waals surface area (Å²) in [5, 5.41) is 12.2. The second-order valence-corrected chi connectivity index (χ2v) is 4.91. The summed E-state index contributed by atoms with van der Waals surface area (Å²) in [6.45, 7) is 4.11. The predicted octanol–water partition coefficient (Wildman–Crippen LogP) is 2.65. The van der Waals surface area contributed by atoms with Gasteiger partial charge in [0.1, 0.15) is 0 Å². The Bertz CT molecular complexity index is 357. The monoisotopic (exact) mass is 234 g/mol. The topological polar surface area (TPSA) is 35.8 Å². The van der Waals surface area contributed by atoms with Crippen LogP contribution in [0.1, 0.15) is 18.1 Å². The number of hydrogen-bond donors (Lipinski definition) is 1. The van der Waals surface area contributed by atoms with Crippen LogP contribution in [-0.2, 0) is 6.54 Å². The number of hydrogen-bond acceptors (Lipinski definition) is 3. The van der Waals surface area contributed by atoms with Gasteiger partial charge in [0, 0.05) is 6.54 Å². The Morgan fingerprint density at radius 2 is 2.31 bits per heavy atom. The van der Waals surface area contributed by atoms with Crippen LogP contribution in [0, 0.1) is 17.2 Å². The highest BCUT2D eigenvalue weighted by molar-refractivity contribution is 7.98. The van der Waals surface area contributed by atoms with Crippen molar-refractivity contribution in [2.45, 2.75) is 13.5 Å². The van der Waals surface area contributed by atoms with Crippen LogP contribution in [0.3, 0.4) is 0 Å². The lowest BCUT2D eigenvalue weighted by atomic mass is 10.1. The molecule has 1 atom stereocenters. The van der Waals surface area contributed by atoms with E-state index in [1.165, 1.54) is 11.3 Å². The van der Waals surface area contributed by atoms with Gasteiger partial charge in [-0.3, -0.25) is 0 Å². The van der Waals surface area contributed by atoms with Crippen molar-refractivity contribution >= 4 is 11.8 Å². The molecule has 1 aromatic carbocycles. The maximum absolute atomic E-state index is 8.77. The first-order chi connectivity index (χ1) is 7.76. The smallest absolute Gasteiger partial charge is 0.0991 e. The number of thioether (sulfide) groups is 1. The van der Waals surface area contributed by atoms with E-state index in [1.807, 2.05) is 36.0 Å². The van der Waals surface area contributed by atoms with E-state index < -0.39 is 0 Å². The summed E-state index contributed by atoms with van der Waals surface area (Å²) in [6.07, 6.45) is 2.13. The zero-order valence-corrected chi connectivity index (χ0v) is 10.7. The fourth-order valence-corrected chi connectivity index (χ4v) is 2.24. The summed E-state index contributed by atoms with van der Waals surface area (Å²) < 4.78 is 0. The molecule has 0 bridgehead atoms. The zero-order chi connectivity index (χ0) is 11.8. The Morgan fingerprint density at radius 3 is 3.00 bits per heavy atom. The molecule has 0 aliphatic carbocycles. The maximum atomic E-state index is 8.77. The predicted molar refractivity (Wildman–Crippen MR) is 70.4 cm³/mol. The van der Waals surface area contributed by atoms with E-state index in [2.05, 4.69) is 24.6 Å². The van der Waals surface area contributed by atoms with Crippen molar-refractivity contribution in [1.82, 2.24) is 5.32 Å². The molecule has 16 heavy (non-hydrogen) atoms. The lowest BCUT2D eigenvalue weighted by Crippen LogP contribution is -2.22. The minimum atomic E-state index is 0.689. The summed E-state index contributed by atoms with van der Waals surface area (Å²) in [7, 11) is 0. The molecule has 0 radical (unpaired) electrons. The number of nitrogens with zero attached hydrogens (tertiary/aromatic N) is 1. The van der Waals surface area contributed by atoms with E-state index in [-0.39, 0.29) is 0 Å². The molecule has 0 saturated heterocycles. The van der Waals surface area contributed by atoms with E-state index in [4.69, 9.17) is 5.26 Å². The Balaban J connectivity index is 2.34. The number of nitriles is 1. The molecular formula is C13H18N2S. The molecule has 0 aliphatic rings. The fraction of sp³-hybridized carbons (Fsp3) is 0.462. The zero-order valence-electron chi connectivity index (χ0n) is 9.86. The van der Waals surface area contributed by atoms with Crippen LogP contribution in [0.2, 0.25) is 0 Å². The molecule has 1 N–H and O–H groups in total. The van der Waals surface area contributed by atoms with Crippen molar-refractivity contribution in [2.24, 2.45) is 5.92 Å². The summed E-state index contributed by atoms with van der Waals surface area (Å²) in [5.41, 5.74) is 1.91. The average molecular weight is 234 g/mol. The van der Waals surface area contributed by atoms with Gasteiger partial charge in [0.25, 0.3) is 0 Å². The third-order valence-electron chi connectivity index (χ3n) is 2.33. The van der Waals surface area contributed by atoms with Gasteiger partial charge >= 0.3 is 0 Å². The molecule has 0 spiro atoms. The highest BCUT2D eigenvalue weighted by Gasteiger charge is 2.00. The fourth-order valence-electron chi connectivity index (χ4n) is 1.56. The van der Waals surface area contributed by atoms with Gasteiger partial charge in [0.2, 0.25) is 0 Å². The van der Waals surface area contributed by atoms with Gasteiger partial charge in [0.15, 0.2) is 0 Å². The Hall–Kier alpha value is -0.980. The highest BCUT2D eigenvalue weighted by atomic mass is 32.2. The maximum Gasteiger partial charge on any atom is 0.0991 e. The van der Waals surface area contributed by atoms with Crippen LogP contribution in [0.25, 0.3) is 0 Å². The van der Waals surface area contributed by atoms with Crippen LogP contribution in [0.4, 0.5) is 0 Å². The molecule has 86 valence electrons. The molecule has 0 fully saturated rings. The van der Waals surface area contributed by atoms with E-state index in [0.717, 1.165) is 18.7 Å². The quantitative estimate of drug-likeness (QED) is 0.822. The molecule has 1 aromatic rings. The highest BCUT2D eigenvalue weighted by Crippen LogP contribution is 2.05. The van der Waals surface area contributed by atoms with Crippen molar-refractivity contribution in [3.63, 3.8) is 0 Å². The molecule has 3 heteroatoms. The number of rotatable bonds is 6. The van der Waals surface area contributed by atoms with Gasteiger partial charge < -0.3 is 5.32 Å². The molecule has 0 saturated carbocycles. The van der Waals surface area contributed by atoms with Crippen molar-refractivity contribution in [2.75, 3.05) is 18.6 Å². The first-order valence-corrected chi connectivity index (χ1v) is 6.84. The van der Waals surface area contributed by atoms with Gasteiger partial charge in [-0.2, -0.15) is 17.0 Å². The van der Waals surface area contributed by atoms with Crippen molar-refractivity contribution < 1.29 is 0 Å². The molecule has 1 rings (SSSR count). The lowest BCUT2D eigenvalue weighted by molar-refractivity contribution is 0.559. The van der Waals surface area contributed by atoms with Crippen LogP contribution in [0.5, 0.6) is 0 Å². The Kier molecular flexibility index (Phi) is 5.99. The summed E-state index contributed by atoms with van der Waals surface area (Å²) in [5.74, 6) is 1.87.